The Bertz CT molecular complexity index is 1470. The fourth-order valence-electron chi connectivity index (χ4n) is 11.5. The van der Waals surface area contributed by atoms with Crippen molar-refractivity contribution in [1.82, 2.24) is 15.6 Å². The molecule has 0 amide bonds. The Hall–Kier alpha value is -2.59. The minimum Gasteiger partial charge on any atom is -0.481 e. The first-order valence-electron chi connectivity index (χ1n) is 22.5. The van der Waals surface area contributed by atoms with Crippen LogP contribution in [0.5, 0.6) is 0 Å². The number of hydrogen-bond acceptors (Lipinski definition) is 7. The number of fused-ring (bicyclic) bond motifs is 1. The summed E-state index contributed by atoms with van der Waals surface area (Å²) in [6.07, 6.45) is 23.6. The molecule has 0 bridgehead atoms. The number of H-pyrrole nitrogens is 1. The molecule has 2 heterocycles. The standard InChI is InChI=1S/C47H78N4O5/c1-6-7-8-11-32-14-15-35(42(52)23-32)12-9-10-13-36-16-17-39(41-25-37(28-51-41)31(4)20-30(2)3)40-22-34(21-33-18-19-50-44(48)24-33)27-47(40,56)38(29-49-5)26-43(53)45(36)46(54)55/h14-15,18,24-25,28,30-32,34-36,38-40,42-43,45,49-53,56H,6-13,16-17,19-23,26-27,29,48H2,1-5H3,(H,54,55). The van der Waals surface area contributed by atoms with Gasteiger partial charge in [0.05, 0.1) is 29.5 Å². The number of allylic oxidation sites excluding steroid dienone is 3. The van der Waals surface area contributed by atoms with E-state index in [1.807, 2.05) is 13.1 Å². The highest BCUT2D eigenvalue weighted by Crippen LogP contribution is 2.55. The van der Waals surface area contributed by atoms with Crippen LogP contribution in [0.15, 0.2) is 48.0 Å². The molecule has 2 fully saturated rings. The molecule has 0 spiro atoms. The van der Waals surface area contributed by atoms with E-state index in [4.69, 9.17) is 5.73 Å². The van der Waals surface area contributed by atoms with Crippen LogP contribution >= 0.6 is 0 Å². The Balaban J connectivity index is 1.40. The van der Waals surface area contributed by atoms with Crippen LogP contribution in [-0.4, -0.2) is 69.3 Å². The fraction of sp³-hybridized carbons (Fsp3) is 0.766. The summed E-state index contributed by atoms with van der Waals surface area (Å²) in [5.74, 6) is 0.104. The predicted octanol–water partition coefficient (Wildman–Crippen LogP) is 8.12. The maximum Gasteiger partial charge on any atom is 0.309 e. The Kier molecular flexibility index (Phi) is 16.6. The minimum atomic E-state index is -1.09. The molecular weight excluding hydrogens is 701 g/mol. The number of carbonyl (C=O) groups is 1. The van der Waals surface area contributed by atoms with E-state index in [0.29, 0.717) is 49.5 Å². The van der Waals surface area contributed by atoms with Gasteiger partial charge < -0.3 is 41.8 Å². The number of aliphatic hydroxyl groups is 3. The molecule has 0 aromatic carbocycles. The van der Waals surface area contributed by atoms with Crippen LogP contribution < -0.4 is 16.4 Å². The van der Waals surface area contributed by atoms with Gasteiger partial charge in [-0.15, -0.1) is 0 Å². The Labute approximate surface area is 338 Å². The first-order valence-corrected chi connectivity index (χ1v) is 22.5. The van der Waals surface area contributed by atoms with Crippen LogP contribution in [0, 0.1) is 47.3 Å². The van der Waals surface area contributed by atoms with Gasteiger partial charge in [-0.25, -0.2) is 0 Å². The molecule has 12 atom stereocenters. The molecule has 1 aromatic heterocycles. The summed E-state index contributed by atoms with van der Waals surface area (Å²) < 4.78 is 0. The molecule has 0 saturated heterocycles. The first-order chi connectivity index (χ1) is 26.8. The molecule has 9 heteroatoms. The zero-order valence-corrected chi connectivity index (χ0v) is 35.4. The van der Waals surface area contributed by atoms with E-state index in [9.17, 15) is 25.2 Å². The third-order valence-corrected chi connectivity index (χ3v) is 14.3. The molecular formula is C47H78N4O5. The predicted molar refractivity (Wildman–Crippen MR) is 227 cm³/mol. The van der Waals surface area contributed by atoms with Crippen molar-refractivity contribution < 1.29 is 25.2 Å². The molecule has 4 aliphatic rings. The number of carboxylic acids is 1. The second kappa shape index (κ2) is 20.9. The number of aliphatic carboxylic acids is 1. The van der Waals surface area contributed by atoms with Crippen molar-refractivity contribution in [2.24, 2.45) is 53.1 Å². The van der Waals surface area contributed by atoms with Crippen molar-refractivity contribution in [3.8, 4) is 0 Å². The van der Waals surface area contributed by atoms with Crippen molar-refractivity contribution in [1.29, 1.82) is 0 Å². The van der Waals surface area contributed by atoms with Gasteiger partial charge >= 0.3 is 5.97 Å². The van der Waals surface area contributed by atoms with Gasteiger partial charge in [0.2, 0.25) is 0 Å². The number of aromatic amines is 1. The molecule has 56 heavy (non-hydrogen) atoms. The highest BCUT2D eigenvalue weighted by molar-refractivity contribution is 5.71. The lowest BCUT2D eigenvalue weighted by Gasteiger charge is -2.44. The number of carboxylic acid groups (broad SMARTS) is 1. The van der Waals surface area contributed by atoms with Gasteiger partial charge in [-0.05, 0) is 136 Å². The van der Waals surface area contributed by atoms with E-state index in [1.54, 1.807) is 0 Å². The molecule has 2 saturated carbocycles. The van der Waals surface area contributed by atoms with Gasteiger partial charge in [0, 0.05) is 42.7 Å². The molecule has 5 rings (SSSR count). The number of aromatic nitrogens is 1. The average Bonchev–Trinajstić information content (AvgIpc) is 3.75. The van der Waals surface area contributed by atoms with Crippen LogP contribution in [0.4, 0.5) is 0 Å². The molecule has 1 aromatic rings. The van der Waals surface area contributed by atoms with Crippen LogP contribution in [-0.2, 0) is 4.79 Å². The third kappa shape index (κ3) is 11.5. The maximum absolute atomic E-state index is 13.2. The molecule has 3 aliphatic carbocycles. The number of nitrogens with one attached hydrogen (secondary N) is 3. The lowest BCUT2D eigenvalue weighted by Crippen LogP contribution is -2.51. The van der Waals surface area contributed by atoms with E-state index in [-0.39, 0.29) is 48.0 Å². The van der Waals surface area contributed by atoms with Crippen LogP contribution in [0.3, 0.4) is 0 Å². The highest BCUT2D eigenvalue weighted by atomic mass is 16.4. The normalized spacial score (nSPS) is 34.4. The van der Waals surface area contributed by atoms with E-state index in [1.165, 1.54) is 30.4 Å². The van der Waals surface area contributed by atoms with Crippen LogP contribution in [0.2, 0.25) is 0 Å². The average molecular weight is 779 g/mol. The third-order valence-electron chi connectivity index (χ3n) is 14.3. The molecule has 1 aliphatic heterocycles. The topological polar surface area (TPSA) is 164 Å². The summed E-state index contributed by atoms with van der Waals surface area (Å²) in [7, 11) is 1.89. The van der Waals surface area contributed by atoms with E-state index < -0.39 is 23.6 Å². The van der Waals surface area contributed by atoms with Crippen LogP contribution in [0.1, 0.15) is 154 Å². The van der Waals surface area contributed by atoms with Crippen LogP contribution in [0.25, 0.3) is 0 Å². The lowest BCUT2D eigenvalue weighted by molar-refractivity contribution is -0.152. The summed E-state index contributed by atoms with van der Waals surface area (Å²) >= 11 is 0. The Morgan fingerprint density at radius 3 is 2.48 bits per heavy atom. The second-order valence-corrected chi connectivity index (χ2v) is 19.0. The quantitative estimate of drug-likeness (QED) is 0.0547. The number of unbranched alkanes of at least 4 members (excludes halogenated alkanes) is 3. The summed E-state index contributed by atoms with van der Waals surface area (Å²) in [5, 5.41) is 53.4. The Morgan fingerprint density at radius 2 is 1.79 bits per heavy atom. The van der Waals surface area contributed by atoms with E-state index >= 15 is 0 Å². The summed E-state index contributed by atoms with van der Waals surface area (Å²) in [4.78, 5) is 16.9. The molecule has 0 radical (unpaired) electrons. The number of hydrogen-bond donors (Lipinski definition) is 8. The van der Waals surface area contributed by atoms with E-state index in [0.717, 1.165) is 69.9 Å². The molecule has 9 N–H and O–H groups in total. The highest BCUT2D eigenvalue weighted by Gasteiger charge is 2.55. The fourth-order valence-corrected chi connectivity index (χ4v) is 11.5. The largest absolute Gasteiger partial charge is 0.481 e. The number of rotatable bonds is 18. The second-order valence-electron chi connectivity index (χ2n) is 19.0. The van der Waals surface area contributed by atoms with Crippen molar-refractivity contribution >= 4 is 5.97 Å². The van der Waals surface area contributed by atoms with Gasteiger partial charge in [-0.1, -0.05) is 78.0 Å². The van der Waals surface area contributed by atoms with Gasteiger partial charge in [-0.3, -0.25) is 4.79 Å². The van der Waals surface area contributed by atoms with Gasteiger partial charge in [0.1, 0.15) is 0 Å². The monoisotopic (exact) mass is 779 g/mol. The smallest absolute Gasteiger partial charge is 0.309 e. The zero-order chi connectivity index (χ0) is 40.4. The number of dihydropyridines is 1. The van der Waals surface area contributed by atoms with Crippen molar-refractivity contribution in [3.05, 3.63) is 59.2 Å². The van der Waals surface area contributed by atoms with Gasteiger partial charge in [0.15, 0.2) is 0 Å². The van der Waals surface area contributed by atoms with Crippen molar-refractivity contribution in [3.63, 3.8) is 0 Å². The summed E-state index contributed by atoms with van der Waals surface area (Å²) in [5.41, 5.74) is 8.71. The number of nitrogens with two attached hydrogens (primary N) is 1. The molecule has 316 valence electrons. The SMILES string of the molecule is CCCCCC1C=CC(CCCCC2CCC(c3cc(C(C)CC(C)C)c[nH]3)C3CC(CC4=CCNC(N)=C4)CC3(O)C(CNC)CC(O)C2C(=O)O)C(O)C1. The molecule has 9 nitrogen and oxygen atoms in total. The maximum atomic E-state index is 13.2. The first kappa shape index (κ1) is 44.5. The number of aliphatic hydroxyl groups excluding tert-OH is 2. The van der Waals surface area contributed by atoms with Crippen molar-refractivity contribution in [2.75, 3.05) is 20.1 Å². The zero-order valence-electron chi connectivity index (χ0n) is 35.4. The Morgan fingerprint density at radius 1 is 1.02 bits per heavy atom. The van der Waals surface area contributed by atoms with E-state index in [2.05, 4.69) is 73.8 Å². The lowest BCUT2D eigenvalue weighted by atomic mass is 9.65. The summed E-state index contributed by atoms with van der Waals surface area (Å²) in [6, 6.07) is 2.33. The molecule has 12 unspecified atom stereocenters. The van der Waals surface area contributed by atoms with Gasteiger partial charge in [-0.2, -0.15) is 0 Å². The van der Waals surface area contributed by atoms with Gasteiger partial charge in [0.25, 0.3) is 0 Å². The summed E-state index contributed by atoms with van der Waals surface area (Å²) in [6.45, 7) is 10.2. The van der Waals surface area contributed by atoms with Crippen molar-refractivity contribution in [2.45, 2.75) is 160 Å². The minimum absolute atomic E-state index is 0.0203.